The van der Waals surface area contributed by atoms with E-state index in [0.717, 1.165) is 11.8 Å². The van der Waals surface area contributed by atoms with E-state index in [1.807, 2.05) is 20.8 Å². The lowest BCUT2D eigenvalue weighted by Gasteiger charge is -2.24. The first-order valence-corrected chi connectivity index (χ1v) is 10.6. The number of esters is 1. The van der Waals surface area contributed by atoms with Crippen LogP contribution < -0.4 is 0 Å². The van der Waals surface area contributed by atoms with Gasteiger partial charge >= 0.3 is 5.97 Å². The molecule has 0 spiro atoms. The first-order chi connectivity index (χ1) is 11.0. The van der Waals surface area contributed by atoms with Crippen LogP contribution in [0.5, 0.6) is 0 Å². The summed E-state index contributed by atoms with van der Waals surface area (Å²) in [6, 6.07) is 5.36. The molecular weight excluding hydrogens is 350 g/mol. The summed E-state index contributed by atoms with van der Waals surface area (Å²) in [6.45, 7) is 7.50. The van der Waals surface area contributed by atoms with Crippen molar-refractivity contribution in [1.82, 2.24) is 4.31 Å². The van der Waals surface area contributed by atoms with Gasteiger partial charge in [-0.15, -0.1) is 4.31 Å². The fourth-order valence-corrected chi connectivity index (χ4v) is 4.50. The second kappa shape index (κ2) is 6.67. The smallest absolute Gasteiger partial charge is 0.330 e. The average molecular weight is 373 g/mol. The second-order valence-electron chi connectivity index (χ2n) is 6.70. The number of ether oxygens (including phenoxy) is 1. The maximum atomic E-state index is 12.7. The first-order valence-electron chi connectivity index (χ1n) is 7.65. The van der Waals surface area contributed by atoms with Crippen LogP contribution in [-0.2, 0) is 30.7 Å². The summed E-state index contributed by atoms with van der Waals surface area (Å²) < 4.78 is 42.0. The predicted molar refractivity (Wildman–Crippen MR) is 92.4 cm³/mol. The predicted octanol–water partition coefficient (Wildman–Crippen LogP) is 1.84. The third kappa shape index (κ3) is 3.93. The number of carbonyl (C=O) groups is 1. The van der Waals surface area contributed by atoms with Crippen molar-refractivity contribution < 1.29 is 22.5 Å². The number of rotatable bonds is 5. The quantitative estimate of drug-likeness (QED) is 0.445. The molecule has 1 heterocycles. The highest BCUT2D eigenvalue weighted by Crippen LogP contribution is 2.49. The molecule has 0 aromatic heterocycles. The van der Waals surface area contributed by atoms with Gasteiger partial charge in [0.05, 0.1) is 11.5 Å². The molecule has 1 fully saturated rings. The zero-order chi connectivity index (χ0) is 18.3. The van der Waals surface area contributed by atoms with E-state index in [0.29, 0.717) is 0 Å². The van der Waals surface area contributed by atoms with Gasteiger partial charge in [-0.1, -0.05) is 12.1 Å². The van der Waals surface area contributed by atoms with Gasteiger partial charge < -0.3 is 9.29 Å². The minimum absolute atomic E-state index is 0.211. The molecule has 24 heavy (non-hydrogen) atoms. The van der Waals surface area contributed by atoms with Crippen LogP contribution in [0.15, 0.2) is 29.2 Å². The number of hydrogen-bond donors (Lipinski definition) is 0. The fourth-order valence-electron chi connectivity index (χ4n) is 2.44. The van der Waals surface area contributed by atoms with E-state index >= 15 is 0 Å². The van der Waals surface area contributed by atoms with Gasteiger partial charge in [-0.05, 0) is 45.4 Å². The minimum Gasteiger partial charge on any atom is -0.597 e. The third-order valence-corrected chi connectivity index (χ3v) is 6.66. The van der Waals surface area contributed by atoms with Gasteiger partial charge in [0.15, 0.2) is 15.9 Å². The van der Waals surface area contributed by atoms with Crippen molar-refractivity contribution in [2.45, 2.75) is 49.4 Å². The van der Waals surface area contributed by atoms with Crippen molar-refractivity contribution in [2.75, 3.05) is 12.9 Å². The van der Waals surface area contributed by atoms with E-state index < -0.39 is 38.0 Å². The van der Waals surface area contributed by atoms with E-state index in [9.17, 15) is 17.8 Å². The lowest BCUT2D eigenvalue weighted by atomic mass is 10.1. The maximum Gasteiger partial charge on any atom is 0.330 e. The molecule has 134 valence electrons. The molecule has 0 aliphatic carbocycles. The number of benzene rings is 1. The summed E-state index contributed by atoms with van der Waals surface area (Å²) >= 11 is -1.37. The van der Waals surface area contributed by atoms with E-state index in [1.165, 1.54) is 12.1 Å². The molecule has 2 rings (SSSR count). The van der Waals surface area contributed by atoms with Crippen LogP contribution in [0.1, 0.15) is 39.3 Å². The van der Waals surface area contributed by atoms with Gasteiger partial charge in [0.2, 0.25) is 0 Å². The highest BCUT2D eigenvalue weighted by atomic mass is 32.2. The van der Waals surface area contributed by atoms with Crippen molar-refractivity contribution in [3.8, 4) is 0 Å². The average Bonchev–Trinajstić information content (AvgIpc) is 3.20. The van der Waals surface area contributed by atoms with E-state index in [-0.39, 0.29) is 17.5 Å². The molecule has 1 aliphatic rings. The van der Waals surface area contributed by atoms with Gasteiger partial charge in [-0.3, -0.25) is 4.79 Å². The Balaban J connectivity index is 2.30. The van der Waals surface area contributed by atoms with Crippen molar-refractivity contribution in [3.63, 3.8) is 0 Å². The van der Waals surface area contributed by atoms with E-state index in [2.05, 4.69) is 0 Å². The fraction of sp³-hybridized carbons (Fsp3) is 0.562. The Labute approximate surface area is 146 Å². The topological polar surface area (TPSA) is 86.5 Å². The molecule has 1 aromatic rings. The summed E-state index contributed by atoms with van der Waals surface area (Å²) in [7, 11) is -3.28. The van der Waals surface area contributed by atoms with Gasteiger partial charge in [0.1, 0.15) is 10.8 Å². The first kappa shape index (κ1) is 19.2. The number of carbonyl (C=O) groups excluding carboxylic acids is 1. The van der Waals surface area contributed by atoms with Crippen LogP contribution in [-0.4, -0.2) is 46.9 Å². The normalized spacial score (nSPS) is 25.2. The zero-order valence-corrected chi connectivity index (χ0v) is 16.1. The zero-order valence-electron chi connectivity index (χ0n) is 14.5. The lowest BCUT2D eigenvalue weighted by molar-refractivity contribution is -0.143. The Bertz CT molecular complexity index is 709. The molecule has 1 aliphatic heterocycles. The molecule has 0 bridgehead atoms. The van der Waals surface area contributed by atoms with Crippen LogP contribution >= 0.6 is 0 Å². The van der Waals surface area contributed by atoms with Crippen molar-refractivity contribution in [1.29, 1.82) is 0 Å². The van der Waals surface area contributed by atoms with Crippen LogP contribution in [0.25, 0.3) is 0 Å². The molecule has 4 atom stereocenters. The number of hydrogen-bond acceptors (Lipinski definition) is 6. The molecular formula is C16H23NO5S2. The summed E-state index contributed by atoms with van der Waals surface area (Å²) in [6.07, 6.45) is 1.14. The summed E-state index contributed by atoms with van der Waals surface area (Å²) in [5, 5.41) is 0. The molecule has 0 saturated carbocycles. The molecule has 3 unspecified atom stereocenters. The van der Waals surface area contributed by atoms with E-state index in [1.54, 1.807) is 23.4 Å². The maximum absolute atomic E-state index is 12.7. The molecule has 0 N–H and O–H groups in total. The number of sulfone groups is 1. The standard InChI is InChI=1S/C16H23NO5S2/c1-6-22-15(18)14-13(17(14)23(19)16(2,3)4)11-7-9-12(10-8-11)24(5,20)21/h7-10,13-14H,6H2,1-5H3/t13-,14?,17?,23?/m1/s1. The third-order valence-electron chi connectivity index (χ3n) is 3.65. The Morgan fingerprint density at radius 3 is 2.25 bits per heavy atom. The second-order valence-corrected chi connectivity index (χ2v) is 10.9. The SMILES string of the molecule is CCOC(=O)C1[C@@H](c2ccc(S(C)(=O)=O)cc2)N1[S+]([O-])C(C)(C)C. The van der Waals surface area contributed by atoms with Crippen molar-refractivity contribution in [3.05, 3.63) is 29.8 Å². The Hall–Kier alpha value is -1.09. The molecule has 0 amide bonds. The lowest BCUT2D eigenvalue weighted by Crippen LogP contribution is -2.35. The van der Waals surface area contributed by atoms with Crippen LogP contribution in [0, 0.1) is 0 Å². The van der Waals surface area contributed by atoms with Crippen LogP contribution in [0.3, 0.4) is 0 Å². The van der Waals surface area contributed by atoms with Crippen LogP contribution in [0.4, 0.5) is 0 Å². The van der Waals surface area contributed by atoms with Crippen molar-refractivity contribution in [2.24, 2.45) is 0 Å². The Morgan fingerprint density at radius 1 is 1.29 bits per heavy atom. The Morgan fingerprint density at radius 2 is 1.83 bits per heavy atom. The molecule has 1 saturated heterocycles. The minimum atomic E-state index is -3.28. The van der Waals surface area contributed by atoms with Gasteiger partial charge in [-0.25, -0.2) is 8.42 Å². The monoisotopic (exact) mass is 373 g/mol. The molecule has 1 aromatic carbocycles. The molecule has 8 heteroatoms. The Kier molecular flexibility index (Phi) is 5.34. The summed E-state index contributed by atoms with van der Waals surface area (Å²) in [4.78, 5) is 12.4. The largest absolute Gasteiger partial charge is 0.597 e. The van der Waals surface area contributed by atoms with Gasteiger partial charge in [0, 0.05) is 17.6 Å². The van der Waals surface area contributed by atoms with Gasteiger partial charge in [-0.2, -0.15) is 0 Å². The van der Waals surface area contributed by atoms with Gasteiger partial charge in [0.25, 0.3) is 0 Å². The van der Waals surface area contributed by atoms with E-state index in [4.69, 9.17) is 4.74 Å². The summed E-state index contributed by atoms with van der Waals surface area (Å²) in [5.74, 6) is -0.410. The number of nitrogens with zero attached hydrogens (tertiary/aromatic N) is 1. The van der Waals surface area contributed by atoms with Crippen LogP contribution in [0.2, 0.25) is 0 Å². The summed E-state index contributed by atoms with van der Waals surface area (Å²) in [5.41, 5.74) is 0.748. The highest BCUT2D eigenvalue weighted by Gasteiger charge is 2.64. The van der Waals surface area contributed by atoms with Crippen molar-refractivity contribution >= 4 is 27.2 Å². The highest BCUT2D eigenvalue weighted by molar-refractivity contribution is 7.91. The molecule has 6 nitrogen and oxygen atoms in total. The molecule has 0 radical (unpaired) electrons.